The Morgan fingerprint density at radius 3 is 1.58 bits per heavy atom. The predicted molar refractivity (Wildman–Crippen MR) is 250 cm³/mol. The van der Waals surface area contributed by atoms with Crippen molar-refractivity contribution in [2.45, 2.75) is 154 Å². The minimum Gasteiger partial charge on any atom is -0.593 e. The number of nitrogens with zero attached hydrogens (tertiary/aromatic N) is 3. The van der Waals surface area contributed by atoms with Crippen LogP contribution < -0.4 is 26.0 Å². The van der Waals surface area contributed by atoms with Crippen molar-refractivity contribution in [3.63, 3.8) is 0 Å². The topological polar surface area (TPSA) is 352 Å². The maximum Gasteiger partial charge on any atom is 0.326 e. The SMILES string of the molecule is CC(=O)CC[C@H](NC(=O)CCC(NC(=O)COCCOCCNC(=O)COCCOCCNC(=O)CCC[S+]([O-])NC(=O)CCCCCCCCCCCCCCCc1nnn[nH]1)C(=O)O)C(=O)O. The van der Waals surface area contributed by atoms with Gasteiger partial charge >= 0.3 is 11.9 Å². The summed E-state index contributed by atoms with van der Waals surface area (Å²) in [6.07, 6.45) is 16.0. The van der Waals surface area contributed by atoms with E-state index < -0.39 is 53.8 Å². The van der Waals surface area contributed by atoms with E-state index in [4.69, 9.17) is 18.9 Å². The number of H-pyrrole nitrogens is 1. The Morgan fingerprint density at radius 1 is 0.565 bits per heavy atom. The van der Waals surface area contributed by atoms with E-state index in [0.29, 0.717) is 12.8 Å². The van der Waals surface area contributed by atoms with Crippen LogP contribution in [-0.2, 0) is 75.1 Å². The fourth-order valence-corrected chi connectivity index (χ4v) is 7.34. The lowest BCUT2D eigenvalue weighted by Gasteiger charge is -2.16. The van der Waals surface area contributed by atoms with Crippen LogP contribution >= 0.6 is 0 Å². The molecule has 0 saturated heterocycles. The first-order valence-corrected chi connectivity index (χ1v) is 25.4. The minimum absolute atomic E-state index is 0.00943. The highest BCUT2D eigenvalue weighted by Gasteiger charge is 2.24. The molecular formula is C44H77N9O15S. The summed E-state index contributed by atoms with van der Waals surface area (Å²) >= 11 is -1.53. The number of carboxylic acids is 2. The van der Waals surface area contributed by atoms with Gasteiger partial charge in [-0.25, -0.2) is 14.7 Å². The number of Topliss-reactive ketones (excluding diaryl/α,β-unsaturated/α-hetero) is 1. The van der Waals surface area contributed by atoms with E-state index in [-0.39, 0.29) is 121 Å². The van der Waals surface area contributed by atoms with Crippen LogP contribution in [0.3, 0.4) is 0 Å². The fraction of sp³-hybridized carbons (Fsp3) is 0.795. The minimum atomic E-state index is -1.53. The highest BCUT2D eigenvalue weighted by molar-refractivity contribution is 7.90. The van der Waals surface area contributed by atoms with Crippen LogP contribution in [0.1, 0.15) is 141 Å². The second kappa shape index (κ2) is 42.1. The van der Waals surface area contributed by atoms with Gasteiger partial charge in [-0.15, -0.1) is 5.10 Å². The molecule has 5 amide bonds. The molecule has 1 aromatic heterocycles. The lowest BCUT2D eigenvalue weighted by molar-refractivity contribution is -0.144. The van der Waals surface area contributed by atoms with Gasteiger partial charge in [0.25, 0.3) is 5.91 Å². The number of tetrazole rings is 1. The van der Waals surface area contributed by atoms with Gasteiger partial charge in [-0.2, -0.15) is 4.72 Å². The molecule has 24 nitrogen and oxygen atoms in total. The first kappa shape index (κ1) is 62.2. The van der Waals surface area contributed by atoms with Gasteiger partial charge in [0, 0.05) is 51.6 Å². The molecule has 0 aliphatic carbocycles. The average Bonchev–Trinajstić information content (AvgIpc) is 3.83. The van der Waals surface area contributed by atoms with Crippen LogP contribution in [0.4, 0.5) is 0 Å². The molecule has 1 rings (SSSR count). The Hall–Kier alpha value is -4.82. The maximum absolute atomic E-state index is 12.2. The average molecular weight is 1000 g/mol. The number of aromatic nitrogens is 4. The van der Waals surface area contributed by atoms with E-state index in [1.165, 1.54) is 58.3 Å². The lowest BCUT2D eigenvalue weighted by atomic mass is 10.0. The third-order valence-electron chi connectivity index (χ3n) is 10.2. The molecule has 0 spiro atoms. The molecule has 0 aliphatic rings. The van der Waals surface area contributed by atoms with Crippen LogP contribution in [0.5, 0.6) is 0 Å². The largest absolute Gasteiger partial charge is 0.593 e. The highest BCUT2D eigenvalue weighted by Crippen LogP contribution is 2.14. The fourth-order valence-electron chi connectivity index (χ4n) is 6.47. The maximum atomic E-state index is 12.2. The molecule has 8 N–H and O–H groups in total. The number of carbonyl (C=O) groups is 8. The molecular weight excluding hydrogens is 927 g/mol. The third-order valence-corrected chi connectivity index (χ3v) is 11.3. The first-order valence-electron chi connectivity index (χ1n) is 24.0. The van der Waals surface area contributed by atoms with Crippen molar-refractivity contribution in [2.24, 2.45) is 0 Å². The lowest BCUT2D eigenvalue weighted by Crippen LogP contribution is -2.45. The number of aryl methyl sites for hydroxylation is 1. The van der Waals surface area contributed by atoms with Crippen molar-refractivity contribution in [1.29, 1.82) is 0 Å². The molecule has 2 unspecified atom stereocenters. The zero-order valence-corrected chi connectivity index (χ0v) is 41.1. The van der Waals surface area contributed by atoms with Gasteiger partial charge in [0.2, 0.25) is 23.6 Å². The summed E-state index contributed by atoms with van der Waals surface area (Å²) in [5, 5.41) is 42.2. The molecule has 0 saturated carbocycles. The zero-order valence-electron chi connectivity index (χ0n) is 40.2. The Kier molecular flexibility index (Phi) is 37.9. The number of ketones is 1. The number of ether oxygens (including phenoxy) is 4. The first-order chi connectivity index (χ1) is 33.3. The number of carboxylic acid groups (broad SMARTS) is 2. The van der Waals surface area contributed by atoms with E-state index in [1.807, 2.05) is 0 Å². The molecule has 0 fully saturated rings. The number of hydrogen-bond acceptors (Lipinski definition) is 16. The van der Waals surface area contributed by atoms with Crippen molar-refractivity contribution in [3.05, 3.63) is 5.82 Å². The van der Waals surface area contributed by atoms with Gasteiger partial charge < -0.3 is 59.8 Å². The zero-order chi connectivity index (χ0) is 50.7. The Morgan fingerprint density at radius 2 is 1.04 bits per heavy atom. The number of nitrogens with one attached hydrogen (secondary N) is 6. The van der Waals surface area contributed by atoms with Gasteiger partial charge in [0.15, 0.2) is 0 Å². The number of rotatable bonds is 47. The molecule has 0 aromatic carbocycles. The summed E-state index contributed by atoms with van der Waals surface area (Å²) in [4.78, 5) is 94.4. The van der Waals surface area contributed by atoms with E-state index in [9.17, 15) is 53.1 Å². The molecule has 0 radical (unpaired) electrons. The van der Waals surface area contributed by atoms with E-state index >= 15 is 0 Å². The molecule has 25 heteroatoms. The normalized spacial score (nSPS) is 12.4. The summed E-state index contributed by atoms with van der Waals surface area (Å²) in [5.41, 5.74) is 0. The summed E-state index contributed by atoms with van der Waals surface area (Å²) < 4.78 is 35.9. The van der Waals surface area contributed by atoms with Crippen molar-refractivity contribution in [2.75, 3.05) is 71.7 Å². The van der Waals surface area contributed by atoms with E-state index in [2.05, 4.69) is 46.6 Å². The smallest absolute Gasteiger partial charge is 0.326 e. The van der Waals surface area contributed by atoms with Crippen LogP contribution in [-0.4, -0.2) is 166 Å². The Labute approximate surface area is 407 Å². The highest BCUT2D eigenvalue weighted by atomic mass is 32.2. The number of hydrogen-bond donors (Lipinski definition) is 8. The Balaban J connectivity index is 1.90. The van der Waals surface area contributed by atoms with Gasteiger partial charge in [-0.1, -0.05) is 70.6 Å². The third kappa shape index (κ3) is 38.7. The van der Waals surface area contributed by atoms with Crippen LogP contribution in [0.25, 0.3) is 0 Å². The number of aliphatic carboxylic acids is 2. The second-order valence-electron chi connectivity index (χ2n) is 16.3. The van der Waals surface area contributed by atoms with E-state index in [0.717, 1.165) is 44.3 Å². The van der Waals surface area contributed by atoms with Crippen molar-refractivity contribution < 1.29 is 72.1 Å². The molecule has 69 heavy (non-hydrogen) atoms. The van der Waals surface area contributed by atoms with Crippen molar-refractivity contribution >= 4 is 58.6 Å². The summed E-state index contributed by atoms with van der Waals surface area (Å²) in [6, 6.07) is -2.73. The number of unbranched alkanes of at least 4 members (excludes halogenated alkanes) is 12. The van der Waals surface area contributed by atoms with Gasteiger partial charge in [0.1, 0.15) is 42.7 Å². The predicted octanol–water partition coefficient (Wildman–Crippen LogP) is 1.35. The molecule has 394 valence electrons. The second-order valence-corrected chi connectivity index (χ2v) is 17.7. The van der Waals surface area contributed by atoms with Crippen LogP contribution in [0, 0.1) is 0 Å². The van der Waals surface area contributed by atoms with E-state index in [1.54, 1.807) is 0 Å². The molecule has 0 bridgehead atoms. The molecule has 3 atom stereocenters. The molecule has 1 aromatic rings. The van der Waals surface area contributed by atoms with Gasteiger partial charge in [-0.3, -0.25) is 24.0 Å². The molecule has 0 aliphatic heterocycles. The molecule has 1 heterocycles. The van der Waals surface area contributed by atoms with Gasteiger partial charge in [-0.05, 0) is 43.0 Å². The number of amides is 5. The summed E-state index contributed by atoms with van der Waals surface area (Å²) in [7, 11) is 0. The van der Waals surface area contributed by atoms with Crippen molar-refractivity contribution in [1.82, 2.24) is 46.6 Å². The van der Waals surface area contributed by atoms with Crippen LogP contribution in [0.15, 0.2) is 0 Å². The summed E-state index contributed by atoms with van der Waals surface area (Å²) in [6.45, 7) is 1.82. The van der Waals surface area contributed by atoms with Crippen molar-refractivity contribution in [3.8, 4) is 0 Å². The number of aromatic amines is 1. The van der Waals surface area contributed by atoms with Crippen LogP contribution in [0.2, 0.25) is 0 Å². The Bertz CT molecular complexity index is 1600. The quantitative estimate of drug-likeness (QED) is 0.0337. The number of carbonyl (C=O) groups excluding carboxylic acids is 6. The monoisotopic (exact) mass is 1000 g/mol. The van der Waals surface area contributed by atoms with Gasteiger partial charge in [0.05, 0.1) is 51.0 Å². The standard InChI is InChI=1S/C44H77N9O15S/c1-34(54)19-20-35(43(60)61)47-39(56)22-21-36(44(62)63)48-42(59)33-68-30-28-66-26-24-46-41(58)32-67-29-27-65-25-23-45-38(55)18-15-31-69(64)51-40(57)17-14-12-10-8-6-4-2-3-5-7-9-11-13-16-37-49-52-53-50-37/h35-36H,2-33H2,1H3,(H,45,55)(H,46,58)(H,47,56)(H,48,59)(H,51,57)(H,60,61)(H,62,63)(H,49,50,52,53)/t35-,36?,69?/m0/s1. The summed E-state index contributed by atoms with van der Waals surface area (Å²) in [5.74, 6) is -4.26.